The summed E-state index contributed by atoms with van der Waals surface area (Å²) in [5, 5.41) is 13.9. The normalized spacial score (nSPS) is 10.1. The Morgan fingerprint density at radius 3 is 2.45 bits per heavy atom. The Morgan fingerprint density at radius 2 is 1.86 bits per heavy atom. The summed E-state index contributed by atoms with van der Waals surface area (Å²) in [4.78, 5) is 21.8. The van der Waals surface area contributed by atoms with Gasteiger partial charge in [0.2, 0.25) is 0 Å². The van der Waals surface area contributed by atoms with Crippen molar-refractivity contribution >= 4 is 40.5 Å². The van der Waals surface area contributed by atoms with Crippen molar-refractivity contribution < 1.29 is 14.5 Å². The van der Waals surface area contributed by atoms with Crippen molar-refractivity contribution in [2.45, 2.75) is 0 Å². The van der Waals surface area contributed by atoms with Gasteiger partial charge in [0, 0.05) is 17.2 Å². The zero-order valence-electron chi connectivity index (χ0n) is 11.1. The molecule has 114 valence electrons. The van der Waals surface area contributed by atoms with Crippen LogP contribution in [-0.4, -0.2) is 17.4 Å². The molecule has 0 bridgehead atoms. The third kappa shape index (κ3) is 4.34. The second-order valence-electron chi connectivity index (χ2n) is 4.21. The molecule has 0 aliphatic heterocycles. The number of hydrogen-bond acceptors (Lipinski definition) is 4. The molecule has 0 aromatic heterocycles. The number of carbonyl (C=O) groups excluding carboxylic acids is 1. The highest BCUT2D eigenvalue weighted by Crippen LogP contribution is 2.25. The van der Waals surface area contributed by atoms with Gasteiger partial charge in [-0.2, -0.15) is 0 Å². The number of nitrogens with one attached hydrogen (secondary N) is 1. The van der Waals surface area contributed by atoms with E-state index in [1.807, 2.05) is 0 Å². The minimum Gasteiger partial charge on any atom is -0.484 e. The third-order valence-corrected chi connectivity index (χ3v) is 3.17. The third-order valence-electron chi connectivity index (χ3n) is 2.62. The molecule has 22 heavy (non-hydrogen) atoms. The van der Waals surface area contributed by atoms with Crippen molar-refractivity contribution in [3.63, 3.8) is 0 Å². The van der Waals surface area contributed by atoms with Crippen LogP contribution in [0.3, 0.4) is 0 Å². The highest BCUT2D eigenvalue weighted by Gasteiger charge is 2.08. The van der Waals surface area contributed by atoms with Crippen LogP contribution in [0.15, 0.2) is 42.5 Å². The maximum atomic E-state index is 11.8. The first kappa shape index (κ1) is 16.1. The smallest absolute Gasteiger partial charge is 0.269 e. The van der Waals surface area contributed by atoms with Crippen LogP contribution in [-0.2, 0) is 4.79 Å². The summed E-state index contributed by atoms with van der Waals surface area (Å²) in [5.74, 6) is -0.0643. The number of carbonyl (C=O) groups is 1. The fraction of sp³-hybridized carbons (Fsp3) is 0.0714. The fourth-order valence-electron chi connectivity index (χ4n) is 1.59. The maximum Gasteiger partial charge on any atom is 0.269 e. The zero-order valence-corrected chi connectivity index (χ0v) is 12.6. The van der Waals surface area contributed by atoms with Crippen molar-refractivity contribution in [1.82, 2.24) is 0 Å². The first-order valence-corrected chi connectivity index (χ1v) is 6.83. The van der Waals surface area contributed by atoms with E-state index in [4.69, 9.17) is 27.9 Å². The van der Waals surface area contributed by atoms with Crippen LogP contribution in [0.2, 0.25) is 10.0 Å². The van der Waals surface area contributed by atoms with Gasteiger partial charge in [0.25, 0.3) is 11.6 Å². The first-order valence-electron chi connectivity index (χ1n) is 6.08. The summed E-state index contributed by atoms with van der Waals surface area (Å²) in [7, 11) is 0. The van der Waals surface area contributed by atoms with E-state index in [0.29, 0.717) is 21.5 Å². The van der Waals surface area contributed by atoms with Gasteiger partial charge in [-0.25, -0.2) is 0 Å². The fourth-order valence-corrected chi connectivity index (χ4v) is 2.05. The van der Waals surface area contributed by atoms with E-state index in [2.05, 4.69) is 5.32 Å². The predicted octanol–water partition coefficient (Wildman–Crippen LogP) is 3.92. The standard InChI is InChI=1S/C14H10Cl2N2O4/c15-9-1-6-13(12(16)7-9)17-14(19)8-22-11-4-2-10(3-5-11)18(20)21/h1-7H,8H2,(H,17,19). The number of benzene rings is 2. The second-order valence-corrected chi connectivity index (χ2v) is 5.06. The number of anilines is 1. The van der Waals surface area contributed by atoms with Gasteiger partial charge in [-0.3, -0.25) is 14.9 Å². The van der Waals surface area contributed by atoms with Gasteiger partial charge in [-0.1, -0.05) is 23.2 Å². The Morgan fingerprint density at radius 1 is 1.18 bits per heavy atom. The lowest BCUT2D eigenvalue weighted by molar-refractivity contribution is -0.384. The Labute approximate surface area is 135 Å². The summed E-state index contributed by atoms with van der Waals surface area (Å²) in [6.45, 7) is -0.253. The Kier molecular flexibility index (Phi) is 5.19. The van der Waals surface area contributed by atoms with Gasteiger partial charge in [-0.05, 0) is 30.3 Å². The molecule has 0 aliphatic rings. The molecule has 0 radical (unpaired) electrons. The zero-order chi connectivity index (χ0) is 16.1. The molecule has 0 spiro atoms. The molecule has 0 atom stereocenters. The predicted molar refractivity (Wildman–Crippen MR) is 83.7 cm³/mol. The van der Waals surface area contributed by atoms with E-state index in [-0.39, 0.29) is 12.3 Å². The highest BCUT2D eigenvalue weighted by molar-refractivity contribution is 6.36. The van der Waals surface area contributed by atoms with Gasteiger partial charge in [0.15, 0.2) is 6.61 Å². The van der Waals surface area contributed by atoms with Crippen molar-refractivity contribution in [3.8, 4) is 5.75 Å². The van der Waals surface area contributed by atoms with Crippen LogP contribution in [0.4, 0.5) is 11.4 Å². The average Bonchev–Trinajstić information content (AvgIpc) is 2.48. The Balaban J connectivity index is 1.91. The lowest BCUT2D eigenvalue weighted by atomic mass is 10.3. The number of ether oxygens (including phenoxy) is 1. The molecule has 0 unspecified atom stereocenters. The van der Waals surface area contributed by atoms with Gasteiger partial charge >= 0.3 is 0 Å². The monoisotopic (exact) mass is 340 g/mol. The summed E-state index contributed by atoms with van der Waals surface area (Å²) in [5.41, 5.74) is 0.369. The second kappa shape index (κ2) is 7.11. The molecule has 1 amide bonds. The van der Waals surface area contributed by atoms with Crippen LogP contribution in [0, 0.1) is 10.1 Å². The molecule has 0 saturated carbocycles. The SMILES string of the molecule is O=C(COc1ccc([N+](=O)[O-])cc1)Nc1ccc(Cl)cc1Cl. The maximum absolute atomic E-state index is 11.8. The number of hydrogen-bond donors (Lipinski definition) is 1. The molecular weight excluding hydrogens is 331 g/mol. The van der Waals surface area contributed by atoms with Crippen LogP contribution >= 0.6 is 23.2 Å². The first-order chi connectivity index (χ1) is 10.5. The van der Waals surface area contributed by atoms with E-state index in [1.165, 1.54) is 30.3 Å². The Hall–Kier alpha value is -2.31. The van der Waals surface area contributed by atoms with Crippen LogP contribution in [0.5, 0.6) is 5.75 Å². The van der Waals surface area contributed by atoms with Crippen LogP contribution < -0.4 is 10.1 Å². The molecular formula is C14H10Cl2N2O4. The van der Waals surface area contributed by atoms with E-state index in [9.17, 15) is 14.9 Å². The van der Waals surface area contributed by atoms with E-state index in [1.54, 1.807) is 12.1 Å². The Bertz CT molecular complexity index is 704. The van der Waals surface area contributed by atoms with Gasteiger partial charge in [0.1, 0.15) is 5.75 Å². The minimum absolute atomic E-state index is 0.0512. The number of nitro benzene ring substituents is 1. The molecule has 6 nitrogen and oxygen atoms in total. The summed E-state index contributed by atoms with van der Waals surface area (Å²) < 4.78 is 5.23. The van der Waals surface area contributed by atoms with Crippen LogP contribution in [0.25, 0.3) is 0 Å². The van der Waals surface area contributed by atoms with Crippen molar-refractivity contribution in [1.29, 1.82) is 0 Å². The molecule has 0 fully saturated rings. The molecule has 8 heteroatoms. The molecule has 0 aliphatic carbocycles. The number of halogens is 2. The topological polar surface area (TPSA) is 81.5 Å². The van der Waals surface area contributed by atoms with Crippen molar-refractivity contribution in [3.05, 3.63) is 62.6 Å². The summed E-state index contributed by atoms with van der Waals surface area (Å²) >= 11 is 11.7. The van der Waals surface area contributed by atoms with E-state index < -0.39 is 10.8 Å². The minimum atomic E-state index is -0.515. The molecule has 2 rings (SSSR count). The highest BCUT2D eigenvalue weighted by atomic mass is 35.5. The molecule has 2 aromatic rings. The van der Waals surface area contributed by atoms with Crippen molar-refractivity contribution in [2.24, 2.45) is 0 Å². The summed E-state index contributed by atoms with van der Waals surface area (Å²) in [6.07, 6.45) is 0. The number of non-ortho nitro benzene ring substituents is 1. The van der Waals surface area contributed by atoms with Gasteiger partial charge < -0.3 is 10.1 Å². The number of nitrogens with zero attached hydrogens (tertiary/aromatic N) is 1. The molecule has 1 N–H and O–H groups in total. The lowest BCUT2D eigenvalue weighted by Crippen LogP contribution is -2.20. The largest absolute Gasteiger partial charge is 0.484 e. The quantitative estimate of drug-likeness (QED) is 0.660. The summed E-state index contributed by atoms with van der Waals surface area (Å²) in [6, 6.07) is 10.1. The molecule has 2 aromatic carbocycles. The van der Waals surface area contributed by atoms with Crippen LogP contribution in [0.1, 0.15) is 0 Å². The van der Waals surface area contributed by atoms with E-state index in [0.717, 1.165) is 0 Å². The lowest BCUT2D eigenvalue weighted by Gasteiger charge is -2.09. The van der Waals surface area contributed by atoms with Gasteiger partial charge in [-0.15, -0.1) is 0 Å². The van der Waals surface area contributed by atoms with E-state index >= 15 is 0 Å². The molecule has 0 saturated heterocycles. The van der Waals surface area contributed by atoms with Gasteiger partial charge in [0.05, 0.1) is 15.6 Å². The number of rotatable bonds is 5. The molecule has 0 heterocycles. The number of amides is 1. The van der Waals surface area contributed by atoms with Crippen molar-refractivity contribution in [2.75, 3.05) is 11.9 Å². The average molecular weight is 341 g/mol. The number of nitro groups is 1.